The molecule has 0 bridgehead atoms. The Bertz CT molecular complexity index is 483. The van der Waals surface area contributed by atoms with Crippen LogP contribution in [0.5, 0.6) is 0 Å². The first-order valence-electron chi connectivity index (χ1n) is 6.07. The molecule has 0 aromatic heterocycles. The fourth-order valence-electron chi connectivity index (χ4n) is 1.79. The molecule has 0 amide bonds. The molecule has 0 fully saturated rings. The highest BCUT2D eigenvalue weighted by molar-refractivity contribution is 7.89. The molecule has 102 valence electrons. The van der Waals surface area contributed by atoms with Crippen molar-refractivity contribution in [3.05, 3.63) is 29.8 Å². The Kier molecular flexibility index (Phi) is 5.31. The third-order valence-electron chi connectivity index (χ3n) is 2.93. The van der Waals surface area contributed by atoms with Gasteiger partial charge in [0.1, 0.15) is 0 Å². The maximum Gasteiger partial charge on any atom is 0.241 e. The van der Waals surface area contributed by atoms with Crippen LogP contribution in [0.3, 0.4) is 0 Å². The summed E-state index contributed by atoms with van der Waals surface area (Å²) in [6.45, 7) is 5.60. The largest absolute Gasteiger partial charge is 0.396 e. The molecule has 1 rings (SSSR count). The van der Waals surface area contributed by atoms with Crippen molar-refractivity contribution in [2.24, 2.45) is 5.92 Å². The zero-order valence-corrected chi connectivity index (χ0v) is 11.9. The van der Waals surface area contributed by atoms with Gasteiger partial charge in [0.05, 0.1) is 4.90 Å². The lowest BCUT2D eigenvalue weighted by molar-refractivity contribution is 0.256. The lowest BCUT2D eigenvalue weighted by Gasteiger charge is -2.21. The lowest BCUT2D eigenvalue weighted by atomic mass is 10.0. The van der Waals surface area contributed by atoms with E-state index >= 15 is 0 Å². The Morgan fingerprint density at radius 3 is 2.39 bits per heavy atom. The van der Waals surface area contributed by atoms with Crippen LogP contribution in [-0.4, -0.2) is 26.2 Å². The fraction of sp³-hybridized carbons (Fsp3) is 0.538. The molecule has 0 saturated carbocycles. The number of nitrogens with one attached hydrogen (secondary N) is 1. The third-order valence-corrected chi connectivity index (χ3v) is 4.58. The van der Waals surface area contributed by atoms with Crippen LogP contribution in [0.1, 0.15) is 25.8 Å². The number of aliphatic hydroxyl groups excluding tert-OH is 1. The van der Waals surface area contributed by atoms with E-state index in [2.05, 4.69) is 4.72 Å². The number of benzene rings is 1. The maximum absolute atomic E-state index is 12.2. The first kappa shape index (κ1) is 15.1. The number of aliphatic hydroxyl groups is 1. The van der Waals surface area contributed by atoms with E-state index in [1.54, 1.807) is 25.1 Å². The topological polar surface area (TPSA) is 66.4 Å². The van der Waals surface area contributed by atoms with E-state index in [1.165, 1.54) is 0 Å². The molecule has 0 aliphatic carbocycles. The average Bonchev–Trinajstić information content (AvgIpc) is 2.28. The molecule has 0 saturated heterocycles. The first-order chi connectivity index (χ1) is 8.38. The second kappa shape index (κ2) is 6.31. The summed E-state index contributed by atoms with van der Waals surface area (Å²) >= 11 is 0. The Hall–Kier alpha value is -0.910. The zero-order chi connectivity index (χ0) is 13.8. The molecule has 4 nitrogen and oxygen atoms in total. The van der Waals surface area contributed by atoms with Gasteiger partial charge in [-0.2, -0.15) is 0 Å². The average molecular weight is 271 g/mol. The van der Waals surface area contributed by atoms with E-state index in [1.807, 2.05) is 19.9 Å². The van der Waals surface area contributed by atoms with Crippen LogP contribution < -0.4 is 4.72 Å². The Morgan fingerprint density at radius 1 is 1.28 bits per heavy atom. The monoisotopic (exact) mass is 271 g/mol. The van der Waals surface area contributed by atoms with Gasteiger partial charge in [0.2, 0.25) is 10.0 Å². The molecular formula is C13H21NO3S. The predicted molar refractivity (Wildman–Crippen MR) is 71.8 cm³/mol. The van der Waals surface area contributed by atoms with Gasteiger partial charge >= 0.3 is 0 Å². The molecule has 0 radical (unpaired) electrons. The minimum Gasteiger partial charge on any atom is -0.396 e. The van der Waals surface area contributed by atoms with Crippen molar-refractivity contribution in [1.29, 1.82) is 0 Å². The third kappa shape index (κ3) is 3.80. The van der Waals surface area contributed by atoms with Crippen LogP contribution in [0, 0.1) is 12.8 Å². The Labute approximate surface area is 109 Å². The van der Waals surface area contributed by atoms with Crippen LogP contribution in [0.25, 0.3) is 0 Å². The number of hydrogen-bond acceptors (Lipinski definition) is 3. The van der Waals surface area contributed by atoms with E-state index < -0.39 is 10.0 Å². The van der Waals surface area contributed by atoms with Crippen LogP contribution in [0.15, 0.2) is 29.2 Å². The van der Waals surface area contributed by atoms with Crippen molar-refractivity contribution in [2.75, 3.05) is 6.61 Å². The highest BCUT2D eigenvalue weighted by atomic mass is 32.2. The fourth-order valence-corrected chi connectivity index (χ4v) is 3.45. The van der Waals surface area contributed by atoms with Gasteiger partial charge in [-0.3, -0.25) is 0 Å². The van der Waals surface area contributed by atoms with E-state index in [-0.39, 0.29) is 18.6 Å². The molecule has 0 heterocycles. The molecule has 0 aliphatic heterocycles. The van der Waals surface area contributed by atoms with Gasteiger partial charge in [-0.15, -0.1) is 0 Å². The Morgan fingerprint density at radius 2 is 1.89 bits per heavy atom. The summed E-state index contributed by atoms with van der Waals surface area (Å²) in [5.41, 5.74) is 0.719. The summed E-state index contributed by atoms with van der Waals surface area (Å²) in [6, 6.07) is 6.62. The summed E-state index contributed by atoms with van der Waals surface area (Å²) in [5.74, 6) is 0.135. The number of rotatable bonds is 6. The second-order valence-corrected chi connectivity index (χ2v) is 6.43. The van der Waals surface area contributed by atoms with E-state index in [0.29, 0.717) is 11.3 Å². The summed E-state index contributed by atoms with van der Waals surface area (Å²) in [6.07, 6.45) is 0.419. The van der Waals surface area contributed by atoms with Crippen molar-refractivity contribution in [3.63, 3.8) is 0 Å². The van der Waals surface area contributed by atoms with E-state index in [0.717, 1.165) is 5.56 Å². The van der Waals surface area contributed by atoms with Crippen molar-refractivity contribution >= 4 is 10.0 Å². The summed E-state index contributed by atoms with van der Waals surface area (Å²) in [7, 11) is -3.52. The molecule has 5 heteroatoms. The van der Waals surface area contributed by atoms with Crippen LogP contribution >= 0.6 is 0 Å². The Balaban J connectivity index is 2.97. The summed E-state index contributed by atoms with van der Waals surface area (Å²) in [4.78, 5) is 0.300. The second-order valence-electron chi connectivity index (χ2n) is 4.75. The maximum atomic E-state index is 12.2. The number of aryl methyl sites for hydroxylation is 1. The zero-order valence-electron chi connectivity index (χ0n) is 11.1. The van der Waals surface area contributed by atoms with E-state index in [4.69, 9.17) is 5.11 Å². The minimum absolute atomic E-state index is 0.0286. The molecule has 0 spiro atoms. The predicted octanol–water partition coefficient (Wildman–Crippen LogP) is 1.68. The minimum atomic E-state index is -3.52. The standard InChI is InChI=1S/C13H21NO3S/c1-10(2)12(8-9-15)14-18(16,17)13-7-5-4-6-11(13)3/h4-7,10,12,14-15H,8-9H2,1-3H3. The van der Waals surface area contributed by atoms with Gasteiger partial charge in [-0.1, -0.05) is 32.0 Å². The van der Waals surface area contributed by atoms with Crippen molar-refractivity contribution in [1.82, 2.24) is 4.72 Å². The lowest BCUT2D eigenvalue weighted by Crippen LogP contribution is -2.39. The van der Waals surface area contributed by atoms with E-state index in [9.17, 15) is 8.42 Å². The van der Waals surface area contributed by atoms with Gasteiger partial charge in [0.15, 0.2) is 0 Å². The normalized spacial score (nSPS) is 13.8. The molecular weight excluding hydrogens is 250 g/mol. The molecule has 18 heavy (non-hydrogen) atoms. The van der Waals surface area contributed by atoms with Crippen molar-refractivity contribution in [2.45, 2.75) is 38.1 Å². The molecule has 0 aliphatic rings. The van der Waals surface area contributed by atoms with Gasteiger partial charge in [-0.05, 0) is 30.9 Å². The first-order valence-corrected chi connectivity index (χ1v) is 7.55. The van der Waals surface area contributed by atoms with Crippen molar-refractivity contribution in [3.8, 4) is 0 Å². The van der Waals surface area contributed by atoms with Crippen LogP contribution in [-0.2, 0) is 10.0 Å². The van der Waals surface area contributed by atoms with Gasteiger partial charge < -0.3 is 5.11 Å². The van der Waals surface area contributed by atoms with Crippen LogP contribution in [0.2, 0.25) is 0 Å². The molecule has 2 N–H and O–H groups in total. The summed E-state index contributed by atoms with van der Waals surface area (Å²) < 4.78 is 27.2. The molecule has 1 aromatic carbocycles. The SMILES string of the molecule is Cc1ccccc1S(=O)(=O)NC(CCO)C(C)C. The smallest absolute Gasteiger partial charge is 0.241 e. The number of hydrogen-bond donors (Lipinski definition) is 2. The van der Waals surface area contributed by atoms with Gasteiger partial charge in [0.25, 0.3) is 0 Å². The summed E-state index contributed by atoms with van der Waals surface area (Å²) in [5, 5.41) is 8.97. The molecule has 1 unspecified atom stereocenters. The quantitative estimate of drug-likeness (QED) is 0.827. The van der Waals surface area contributed by atoms with Gasteiger partial charge in [0, 0.05) is 12.6 Å². The highest BCUT2D eigenvalue weighted by Gasteiger charge is 2.23. The van der Waals surface area contributed by atoms with Gasteiger partial charge in [-0.25, -0.2) is 13.1 Å². The molecule has 1 aromatic rings. The number of sulfonamides is 1. The van der Waals surface area contributed by atoms with Crippen LogP contribution in [0.4, 0.5) is 0 Å². The highest BCUT2D eigenvalue weighted by Crippen LogP contribution is 2.16. The molecule has 1 atom stereocenters. The van der Waals surface area contributed by atoms with Crippen molar-refractivity contribution < 1.29 is 13.5 Å².